The number of benzene rings is 1. The number of nitrogens with zero attached hydrogens (tertiary/aromatic N) is 1. The summed E-state index contributed by atoms with van der Waals surface area (Å²) in [4.78, 5) is 29.8. The van der Waals surface area contributed by atoms with Gasteiger partial charge < -0.3 is 19.7 Å². The Balaban J connectivity index is 1.93. The third-order valence-corrected chi connectivity index (χ3v) is 9.09. The molecule has 192 valence electrons. The zero-order valence-corrected chi connectivity index (χ0v) is 22.2. The summed E-state index contributed by atoms with van der Waals surface area (Å²) in [6, 6.07) is 3.17. The van der Waals surface area contributed by atoms with Crippen LogP contribution in [-0.4, -0.2) is 59.4 Å². The van der Waals surface area contributed by atoms with Crippen LogP contribution in [0.2, 0.25) is 0 Å². The zero-order chi connectivity index (χ0) is 25.4. The van der Waals surface area contributed by atoms with Gasteiger partial charge in [-0.3, -0.25) is 14.6 Å². The van der Waals surface area contributed by atoms with E-state index in [0.29, 0.717) is 12.3 Å². The number of hydrogen-bond donors (Lipinski definition) is 2. The van der Waals surface area contributed by atoms with Crippen molar-refractivity contribution in [1.82, 2.24) is 0 Å². The van der Waals surface area contributed by atoms with Gasteiger partial charge in [0.25, 0.3) is 0 Å². The minimum atomic E-state index is -0.501. The summed E-state index contributed by atoms with van der Waals surface area (Å²) in [5.74, 6) is 0.668. The third-order valence-electron chi connectivity index (χ3n) is 6.58. The van der Waals surface area contributed by atoms with E-state index in [0.717, 1.165) is 36.2 Å². The standard InChI is InChI=1S/C26H35NO6S2/c1-4-5-6-21-22(17-7-8-27-13-17)15-35-34-14-19(9-20(29)12-24(21)33-16(2)28)18-10-23(30)26(31)25(11-18)32-3/h7,10-11,13,19,21-22,24,30-31H,4-6,8-9,12,14-15H2,1-3H3. The largest absolute Gasteiger partial charge is 0.504 e. The molecule has 0 radical (unpaired) electrons. The number of allylic oxidation sites excluding steroid dienone is 1. The lowest BCUT2D eigenvalue weighted by atomic mass is 9.78. The van der Waals surface area contributed by atoms with Crippen LogP contribution in [0.5, 0.6) is 17.2 Å². The summed E-state index contributed by atoms with van der Waals surface area (Å²) in [6.07, 6.45) is 6.84. The van der Waals surface area contributed by atoms with E-state index in [1.54, 1.807) is 27.7 Å². The Morgan fingerprint density at radius 2 is 1.97 bits per heavy atom. The fraction of sp³-hybridized carbons (Fsp3) is 0.577. The van der Waals surface area contributed by atoms with Gasteiger partial charge in [-0.1, -0.05) is 47.4 Å². The maximum Gasteiger partial charge on any atom is 0.302 e. The van der Waals surface area contributed by atoms with Crippen LogP contribution in [0.3, 0.4) is 0 Å². The highest BCUT2D eigenvalue weighted by molar-refractivity contribution is 8.76. The summed E-state index contributed by atoms with van der Waals surface area (Å²) in [5.41, 5.74) is 1.89. The van der Waals surface area contributed by atoms with Crippen molar-refractivity contribution in [3.63, 3.8) is 0 Å². The summed E-state index contributed by atoms with van der Waals surface area (Å²) < 4.78 is 11.0. The lowest BCUT2D eigenvalue weighted by Gasteiger charge is -2.33. The summed E-state index contributed by atoms with van der Waals surface area (Å²) in [7, 11) is 4.87. The van der Waals surface area contributed by atoms with Crippen molar-refractivity contribution < 1.29 is 29.3 Å². The maximum absolute atomic E-state index is 13.4. The van der Waals surface area contributed by atoms with Crippen LogP contribution in [0, 0.1) is 11.8 Å². The first kappa shape index (κ1) is 27.5. The number of phenolic OH excluding ortho intramolecular Hbond substituents is 2. The van der Waals surface area contributed by atoms with E-state index in [1.807, 2.05) is 6.21 Å². The molecule has 9 heteroatoms. The number of methoxy groups -OCH3 is 1. The van der Waals surface area contributed by atoms with Gasteiger partial charge in [0.05, 0.1) is 13.7 Å². The Hall–Kier alpha value is -2.13. The Morgan fingerprint density at radius 1 is 1.20 bits per heavy atom. The molecule has 35 heavy (non-hydrogen) atoms. The number of aromatic hydroxyl groups is 2. The van der Waals surface area contributed by atoms with Gasteiger partial charge in [-0.2, -0.15) is 0 Å². The van der Waals surface area contributed by atoms with Gasteiger partial charge in [-0.05, 0) is 29.7 Å². The van der Waals surface area contributed by atoms with Crippen molar-refractivity contribution in [1.29, 1.82) is 0 Å². The van der Waals surface area contributed by atoms with Crippen LogP contribution in [0.25, 0.3) is 0 Å². The van der Waals surface area contributed by atoms with Crippen molar-refractivity contribution in [2.45, 2.75) is 58.0 Å². The molecule has 0 aromatic heterocycles. The molecule has 1 fully saturated rings. The summed E-state index contributed by atoms with van der Waals surface area (Å²) in [6.45, 7) is 4.20. The number of hydrogen-bond acceptors (Lipinski definition) is 9. The van der Waals surface area contributed by atoms with Crippen LogP contribution < -0.4 is 4.74 Å². The molecule has 2 heterocycles. The second kappa shape index (κ2) is 13.3. The molecule has 0 aliphatic carbocycles. The number of phenols is 2. The van der Waals surface area contributed by atoms with E-state index >= 15 is 0 Å². The van der Waals surface area contributed by atoms with E-state index in [1.165, 1.54) is 20.1 Å². The van der Waals surface area contributed by atoms with Crippen LogP contribution in [0.4, 0.5) is 0 Å². The summed E-state index contributed by atoms with van der Waals surface area (Å²) >= 11 is 0. The number of carbonyl (C=O) groups is 2. The lowest BCUT2D eigenvalue weighted by Crippen LogP contribution is -2.36. The van der Waals surface area contributed by atoms with E-state index in [9.17, 15) is 19.8 Å². The number of esters is 1. The highest BCUT2D eigenvalue weighted by atomic mass is 33.1. The first-order valence-electron chi connectivity index (χ1n) is 12.1. The minimum absolute atomic E-state index is 0.00889. The Bertz CT molecular complexity index is 963. The highest BCUT2D eigenvalue weighted by Gasteiger charge is 2.36. The SMILES string of the molecule is CCCCC1C(OC(C)=O)CC(=O)CC(c2cc(O)c(O)c(OC)c2)CSSCC1C1=CCN=C1. The third kappa shape index (κ3) is 7.43. The molecule has 2 aliphatic heterocycles. The molecule has 2 aliphatic rings. The van der Waals surface area contributed by atoms with Crippen molar-refractivity contribution >= 4 is 39.6 Å². The predicted molar refractivity (Wildman–Crippen MR) is 142 cm³/mol. The second-order valence-corrected chi connectivity index (χ2v) is 11.6. The molecule has 2 N–H and O–H groups in total. The number of ketones is 1. The first-order valence-corrected chi connectivity index (χ1v) is 14.6. The number of unbranched alkanes of at least 4 members (excludes halogenated alkanes) is 1. The van der Waals surface area contributed by atoms with E-state index in [-0.39, 0.29) is 59.6 Å². The van der Waals surface area contributed by atoms with Crippen LogP contribution >= 0.6 is 21.6 Å². The van der Waals surface area contributed by atoms with Gasteiger partial charge in [0, 0.05) is 55.2 Å². The molecule has 4 atom stereocenters. The normalized spacial score (nSPS) is 25.6. The fourth-order valence-electron chi connectivity index (χ4n) is 4.78. The van der Waals surface area contributed by atoms with Crippen LogP contribution in [0.15, 0.2) is 28.8 Å². The molecule has 0 spiro atoms. The van der Waals surface area contributed by atoms with E-state index in [2.05, 4.69) is 18.0 Å². The van der Waals surface area contributed by atoms with Gasteiger partial charge in [0.15, 0.2) is 11.5 Å². The molecular weight excluding hydrogens is 486 g/mol. The number of aliphatic imine (C=N–C) groups is 1. The van der Waals surface area contributed by atoms with E-state index < -0.39 is 6.10 Å². The molecular formula is C26H35NO6S2. The number of rotatable bonds is 7. The quantitative estimate of drug-likeness (QED) is 0.283. The predicted octanol–water partition coefficient (Wildman–Crippen LogP) is 5.30. The molecule has 4 unspecified atom stereocenters. The molecule has 7 nitrogen and oxygen atoms in total. The Labute approximate surface area is 215 Å². The lowest BCUT2D eigenvalue weighted by molar-refractivity contribution is -0.151. The molecule has 0 saturated carbocycles. The second-order valence-electron chi connectivity index (χ2n) is 9.06. The number of carbonyl (C=O) groups excluding carboxylic acids is 2. The summed E-state index contributed by atoms with van der Waals surface area (Å²) in [5, 5.41) is 20.2. The zero-order valence-electron chi connectivity index (χ0n) is 20.6. The van der Waals surface area contributed by atoms with Gasteiger partial charge >= 0.3 is 5.97 Å². The average Bonchev–Trinajstić information content (AvgIpc) is 3.34. The highest BCUT2D eigenvalue weighted by Crippen LogP contribution is 2.43. The van der Waals surface area contributed by atoms with Gasteiger partial charge in [0.2, 0.25) is 5.75 Å². The first-order chi connectivity index (χ1) is 16.8. The Morgan fingerprint density at radius 3 is 2.63 bits per heavy atom. The van der Waals surface area contributed by atoms with Crippen molar-refractivity contribution in [2.24, 2.45) is 16.8 Å². The van der Waals surface area contributed by atoms with Gasteiger partial charge in [-0.25, -0.2) is 0 Å². The molecule has 3 rings (SSSR count). The minimum Gasteiger partial charge on any atom is -0.504 e. The molecule has 1 saturated heterocycles. The number of Topliss-reactive ketones (excluding diaryl/α,β-unsaturated/α-hetero) is 1. The van der Waals surface area contributed by atoms with Gasteiger partial charge in [-0.15, -0.1) is 0 Å². The van der Waals surface area contributed by atoms with Crippen molar-refractivity contribution in [2.75, 3.05) is 25.2 Å². The topological polar surface area (TPSA) is 105 Å². The molecule has 1 aromatic carbocycles. The maximum atomic E-state index is 13.4. The monoisotopic (exact) mass is 521 g/mol. The fourth-order valence-corrected chi connectivity index (χ4v) is 7.54. The molecule has 1 aromatic rings. The van der Waals surface area contributed by atoms with E-state index in [4.69, 9.17) is 9.47 Å². The Kier molecular flexibility index (Phi) is 10.4. The smallest absolute Gasteiger partial charge is 0.302 e. The van der Waals surface area contributed by atoms with Crippen LogP contribution in [-0.2, 0) is 14.3 Å². The van der Waals surface area contributed by atoms with Crippen molar-refractivity contribution in [3.05, 3.63) is 29.3 Å². The van der Waals surface area contributed by atoms with Crippen LogP contribution in [0.1, 0.15) is 57.4 Å². The van der Waals surface area contributed by atoms with Crippen molar-refractivity contribution in [3.8, 4) is 17.2 Å². The average molecular weight is 522 g/mol. The molecule has 0 bridgehead atoms. The number of ether oxygens (including phenoxy) is 2. The molecule has 0 amide bonds. The van der Waals surface area contributed by atoms with Gasteiger partial charge in [0.1, 0.15) is 11.9 Å².